The first-order valence-corrected chi connectivity index (χ1v) is 8.12. The number of halogens is 2. The minimum atomic E-state index is -0.0988. The molecule has 0 radical (unpaired) electrons. The minimum absolute atomic E-state index is 0.0988. The van der Waals surface area contributed by atoms with Crippen LogP contribution < -0.4 is 0 Å². The van der Waals surface area contributed by atoms with Gasteiger partial charge in [0.1, 0.15) is 0 Å². The SMILES string of the molecule is COCCc1ccc(C(Cl)c2cccc(C)c2I)cc1. The van der Waals surface area contributed by atoms with E-state index in [4.69, 9.17) is 16.3 Å². The average molecular weight is 401 g/mol. The Morgan fingerprint density at radius 3 is 2.50 bits per heavy atom. The Balaban J connectivity index is 2.20. The van der Waals surface area contributed by atoms with Crippen molar-refractivity contribution in [3.63, 3.8) is 0 Å². The Morgan fingerprint density at radius 1 is 1.15 bits per heavy atom. The van der Waals surface area contributed by atoms with Gasteiger partial charge >= 0.3 is 0 Å². The minimum Gasteiger partial charge on any atom is -0.384 e. The largest absolute Gasteiger partial charge is 0.384 e. The number of hydrogen-bond donors (Lipinski definition) is 0. The van der Waals surface area contributed by atoms with E-state index in [1.165, 1.54) is 20.3 Å². The topological polar surface area (TPSA) is 9.23 Å². The summed E-state index contributed by atoms with van der Waals surface area (Å²) in [6.07, 6.45) is 0.936. The highest BCUT2D eigenvalue weighted by Gasteiger charge is 2.14. The Kier molecular flexibility index (Phi) is 5.87. The van der Waals surface area contributed by atoms with Crippen molar-refractivity contribution in [2.45, 2.75) is 18.7 Å². The third-order valence-electron chi connectivity index (χ3n) is 3.36. The molecule has 2 rings (SSSR count). The maximum atomic E-state index is 6.64. The zero-order chi connectivity index (χ0) is 14.5. The fraction of sp³-hybridized carbons (Fsp3) is 0.294. The summed E-state index contributed by atoms with van der Waals surface area (Å²) < 4.78 is 6.34. The standard InChI is InChI=1S/C17H18ClIO/c1-12-4-3-5-15(17(12)19)16(18)14-8-6-13(7-9-14)10-11-20-2/h3-9,16H,10-11H2,1-2H3. The van der Waals surface area contributed by atoms with Gasteiger partial charge in [0.2, 0.25) is 0 Å². The molecule has 0 saturated carbocycles. The predicted octanol–water partition coefficient (Wildman–Crippen LogP) is 5.12. The Hall–Kier alpha value is -0.580. The van der Waals surface area contributed by atoms with Crippen LogP contribution in [0.5, 0.6) is 0 Å². The number of aryl methyl sites for hydroxylation is 1. The lowest BCUT2D eigenvalue weighted by Crippen LogP contribution is -1.99. The van der Waals surface area contributed by atoms with E-state index in [-0.39, 0.29) is 5.38 Å². The van der Waals surface area contributed by atoms with Crippen LogP contribution in [0.4, 0.5) is 0 Å². The van der Waals surface area contributed by atoms with Gasteiger partial charge < -0.3 is 4.74 Å². The molecule has 3 heteroatoms. The van der Waals surface area contributed by atoms with Gasteiger partial charge in [-0.1, -0.05) is 42.5 Å². The summed E-state index contributed by atoms with van der Waals surface area (Å²) in [5.74, 6) is 0. The van der Waals surface area contributed by atoms with Gasteiger partial charge in [0.15, 0.2) is 0 Å². The van der Waals surface area contributed by atoms with Crippen molar-refractivity contribution in [2.24, 2.45) is 0 Å². The van der Waals surface area contributed by atoms with Crippen LogP contribution in [0, 0.1) is 10.5 Å². The van der Waals surface area contributed by atoms with E-state index in [2.05, 4.69) is 72.0 Å². The van der Waals surface area contributed by atoms with Crippen LogP contribution in [0.15, 0.2) is 42.5 Å². The molecule has 2 aromatic rings. The van der Waals surface area contributed by atoms with Crippen molar-refractivity contribution < 1.29 is 4.74 Å². The second-order valence-corrected chi connectivity index (χ2v) is 6.34. The lowest BCUT2D eigenvalue weighted by Gasteiger charge is -2.14. The van der Waals surface area contributed by atoms with Gasteiger partial charge in [-0.25, -0.2) is 0 Å². The van der Waals surface area contributed by atoms with Gasteiger partial charge in [-0.3, -0.25) is 0 Å². The van der Waals surface area contributed by atoms with E-state index >= 15 is 0 Å². The van der Waals surface area contributed by atoms with E-state index in [0.717, 1.165) is 18.6 Å². The van der Waals surface area contributed by atoms with Crippen LogP contribution in [0.2, 0.25) is 0 Å². The third kappa shape index (κ3) is 3.74. The first kappa shape index (κ1) is 15.8. The summed E-state index contributed by atoms with van der Waals surface area (Å²) in [4.78, 5) is 0. The Morgan fingerprint density at radius 2 is 1.85 bits per heavy atom. The number of ether oxygens (including phenoxy) is 1. The molecule has 2 aromatic carbocycles. The molecule has 1 nitrogen and oxygen atoms in total. The molecule has 106 valence electrons. The molecule has 1 unspecified atom stereocenters. The molecule has 0 spiro atoms. The van der Waals surface area contributed by atoms with Crippen LogP contribution in [-0.2, 0) is 11.2 Å². The maximum Gasteiger partial charge on any atom is 0.0845 e. The van der Waals surface area contributed by atoms with Crippen molar-refractivity contribution in [2.75, 3.05) is 13.7 Å². The van der Waals surface area contributed by atoms with Crippen molar-refractivity contribution in [3.8, 4) is 0 Å². The number of alkyl halides is 1. The monoisotopic (exact) mass is 400 g/mol. The summed E-state index contributed by atoms with van der Waals surface area (Å²) in [6, 6.07) is 14.8. The smallest absolute Gasteiger partial charge is 0.0845 e. The normalized spacial score (nSPS) is 12.4. The maximum absolute atomic E-state index is 6.64. The lowest BCUT2D eigenvalue weighted by atomic mass is 10.0. The molecule has 0 aliphatic rings. The molecule has 0 N–H and O–H groups in total. The molecule has 0 aromatic heterocycles. The molecule has 0 bridgehead atoms. The van der Waals surface area contributed by atoms with Gasteiger partial charge in [-0.2, -0.15) is 0 Å². The molecule has 0 heterocycles. The van der Waals surface area contributed by atoms with E-state index < -0.39 is 0 Å². The van der Waals surface area contributed by atoms with Gasteiger partial charge in [-0.15, -0.1) is 11.6 Å². The first-order chi connectivity index (χ1) is 9.63. The molecule has 20 heavy (non-hydrogen) atoms. The summed E-state index contributed by atoms with van der Waals surface area (Å²) >= 11 is 9.01. The van der Waals surface area contributed by atoms with E-state index in [0.29, 0.717) is 0 Å². The Labute approximate surface area is 139 Å². The van der Waals surface area contributed by atoms with Crippen LogP contribution in [0.1, 0.15) is 27.6 Å². The number of hydrogen-bond acceptors (Lipinski definition) is 1. The fourth-order valence-electron chi connectivity index (χ4n) is 2.12. The van der Waals surface area contributed by atoms with Crippen molar-refractivity contribution >= 4 is 34.2 Å². The highest BCUT2D eigenvalue weighted by Crippen LogP contribution is 2.33. The van der Waals surface area contributed by atoms with Crippen LogP contribution in [-0.4, -0.2) is 13.7 Å². The predicted molar refractivity (Wildman–Crippen MR) is 93.6 cm³/mol. The molecule has 0 amide bonds. The average Bonchev–Trinajstić information content (AvgIpc) is 2.48. The van der Waals surface area contributed by atoms with Gasteiger partial charge in [0, 0.05) is 10.7 Å². The van der Waals surface area contributed by atoms with Crippen molar-refractivity contribution in [1.29, 1.82) is 0 Å². The summed E-state index contributed by atoms with van der Waals surface area (Å²) in [5, 5.41) is -0.0988. The second-order valence-electron chi connectivity index (χ2n) is 4.83. The van der Waals surface area contributed by atoms with Crippen LogP contribution >= 0.6 is 34.2 Å². The highest BCUT2D eigenvalue weighted by atomic mass is 127. The quantitative estimate of drug-likeness (QED) is 0.500. The molecular formula is C17H18ClIO. The third-order valence-corrected chi connectivity index (χ3v) is 5.32. The van der Waals surface area contributed by atoms with E-state index in [1.807, 2.05) is 0 Å². The fourth-order valence-corrected chi connectivity index (χ4v) is 3.30. The molecule has 0 fully saturated rings. The van der Waals surface area contributed by atoms with Crippen LogP contribution in [0.25, 0.3) is 0 Å². The van der Waals surface area contributed by atoms with E-state index in [9.17, 15) is 0 Å². The Bertz CT molecular complexity index is 566. The van der Waals surface area contributed by atoms with Crippen molar-refractivity contribution in [1.82, 2.24) is 0 Å². The number of methoxy groups -OCH3 is 1. The summed E-state index contributed by atoms with van der Waals surface area (Å²) in [7, 11) is 1.73. The van der Waals surface area contributed by atoms with Gasteiger partial charge in [-0.05, 0) is 58.2 Å². The first-order valence-electron chi connectivity index (χ1n) is 6.60. The number of benzene rings is 2. The number of rotatable bonds is 5. The zero-order valence-electron chi connectivity index (χ0n) is 11.7. The van der Waals surface area contributed by atoms with E-state index in [1.54, 1.807) is 7.11 Å². The van der Waals surface area contributed by atoms with Gasteiger partial charge in [0.05, 0.1) is 12.0 Å². The van der Waals surface area contributed by atoms with Gasteiger partial charge in [0.25, 0.3) is 0 Å². The van der Waals surface area contributed by atoms with Crippen LogP contribution in [0.3, 0.4) is 0 Å². The molecule has 0 aliphatic heterocycles. The zero-order valence-corrected chi connectivity index (χ0v) is 14.6. The summed E-state index contributed by atoms with van der Waals surface area (Å²) in [5.41, 5.74) is 4.86. The molecule has 0 aliphatic carbocycles. The second kappa shape index (κ2) is 7.43. The molecule has 1 atom stereocenters. The lowest BCUT2D eigenvalue weighted by molar-refractivity contribution is 0.202. The highest BCUT2D eigenvalue weighted by molar-refractivity contribution is 14.1. The molecular weight excluding hydrogens is 383 g/mol. The molecule has 0 saturated heterocycles. The summed E-state index contributed by atoms with van der Waals surface area (Å²) in [6.45, 7) is 2.86. The van der Waals surface area contributed by atoms with Crippen molar-refractivity contribution in [3.05, 3.63) is 68.3 Å².